The molecule has 0 saturated carbocycles. The van der Waals surface area contributed by atoms with Crippen LogP contribution in [0.4, 0.5) is 0 Å². The van der Waals surface area contributed by atoms with Gasteiger partial charge in [-0.2, -0.15) is 0 Å². The molecule has 9 aromatic rings. The summed E-state index contributed by atoms with van der Waals surface area (Å²) in [6.07, 6.45) is 4.56. The zero-order valence-electron chi connectivity index (χ0n) is 28.1. The van der Waals surface area contributed by atoms with E-state index in [1.54, 1.807) is 0 Å². The van der Waals surface area contributed by atoms with Crippen molar-refractivity contribution in [1.82, 2.24) is 9.97 Å². The van der Waals surface area contributed by atoms with Crippen LogP contribution < -0.4 is 0 Å². The largest absolute Gasteiger partial charge is 0.456 e. The summed E-state index contributed by atoms with van der Waals surface area (Å²) in [5.41, 5.74) is 16.0. The van der Waals surface area contributed by atoms with Crippen molar-refractivity contribution in [3.05, 3.63) is 203 Å². The average molecular weight is 663 g/mol. The van der Waals surface area contributed by atoms with Crippen LogP contribution in [0.3, 0.4) is 0 Å². The van der Waals surface area contributed by atoms with Gasteiger partial charge in [-0.05, 0) is 68.8 Å². The van der Waals surface area contributed by atoms with Gasteiger partial charge in [-0.1, -0.05) is 158 Å². The zero-order chi connectivity index (χ0) is 34.2. The molecule has 2 heterocycles. The van der Waals surface area contributed by atoms with Gasteiger partial charge in [0.05, 0.1) is 16.8 Å². The Kier molecular flexibility index (Phi) is 6.17. The fourth-order valence-electron chi connectivity index (χ4n) is 8.72. The van der Waals surface area contributed by atoms with Crippen LogP contribution in [0.15, 0.2) is 174 Å². The van der Waals surface area contributed by atoms with E-state index in [2.05, 4.69) is 152 Å². The monoisotopic (exact) mass is 662 g/mol. The van der Waals surface area contributed by atoms with Crippen LogP contribution in [-0.2, 0) is 5.41 Å². The molecule has 0 bridgehead atoms. The number of fused-ring (bicyclic) bond motifs is 13. The summed E-state index contributed by atoms with van der Waals surface area (Å²) >= 11 is 0. The van der Waals surface area contributed by atoms with Gasteiger partial charge in [0, 0.05) is 27.5 Å². The molecule has 0 saturated heterocycles. The second kappa shape index (κ2) is 11.1. The summed E-state index contributed by atoms with van der Waals surface area (Å²) in [6, 6.07) is 60.4. The Morgan fingerprint density at radius 2 is 1.08 bits per heavy atom. The van der Waals surface area contributed by atoms with Gasteiger partial charge in [-0.25, -0.2) is 9.97 Å². The highest BCUT2D eigenvalue weighted by atomic mass is 16.3. The standard InChI is InChI=1S/C49H30N2O/c1-3-14-33(15-4-1)42-30-43(51-48(50-42)34-16-5-2-6-17-34)35-26-25-32-24-23-31-13-7-10-20-38(31)49(41(32)29-35)39-21-11-8-18-36(39)46-40(49)27-28-45-47(46)37-19-9-12-22-44(37)52-45/h1-30H. The molecule has 2 aliphatic rings. The Bertz CT molecular complexity index is 2850. The quantitative estimate of drug-likeness (QED) is 0.189. The fraction of sp³-hybridized carbons (Fsp3) is 0.0204. The lowest BCUT2D eigenvalue weighted by Crippen LogP contribution is -2.30. The van der Waals surface area contributed by atoms with Gasteiger partial charge < -0.3 is 4.42 Å². The lowest BCUT2D eigenvalue weighted by Gasteiger charge is -2.35. The predicted molar refractivity (Wildman–Crippen MR) is 212 cm³/mol. The lowest BCUT2D eigenvalue weighted by atomic mass is 9.65. The number of aromatic nitrogens is 2. The number of nitrogens with zero attached hydrogens (tertiary/aromatic N) is 2. The number of benzene rings is 7. The minimum absolute atomic E-state index is 0.596. The van der Waals surface area contributed by atoms with Crippen molar-refractivity contribution < 1.29 is 4.42 Å². The van der Waals surface area contributed by atoms with E-state index in [0.29, 0.717) is 5.82 Å². The van der Waals surface area contributed by atoms with E-state index in [4.69, 9.17) is 14.4 Å². The van der Waals surface area contributed by atoms with Crippen molar-refractivity contribution in [2.45, 2.75) is 5.41 Å². The molecule has 1 atom stereocenters. The van der Waals surface area contributed by atoms with Crippen LogP contribution in [0.5, 0.6) is 0 Å². The van der Waals surface area contributed by atoms with Crippen molar-refractivity contribution in [1.29, 1.82) is 0 Å². The maximum absolute atomic E-state index is 6.48. The van der Waals surface area contributed by atoms with Crippen LogP contribution in [0.25, 0.3) is 79.1 Å². The van der Waals surface area contributed by atoms with Gasteiger partial charge in [-0.3, -0.25) is 0 Å². The van der Waals surface area contributed by atoms with Crippen molar-refractivity contribution in [2.75, 3.05) is 0 Å². The number of para-hydroxylation sites is 1. The summed E-state index contributed by atoms with van der Waals surface area (Å²) < 4.78 is 6.48. The minimum atomic E-state index is -0.596. The molecule has 3 heteroatoms. The maximum atomic E-state index is 6.48. The van der Waals surface area contributed by atoms with Gasteiger partial charge in [0.15, 0.2) is 5.82 Å². The third-order valence-electron chi connectivity index (χ3n) is 10.9. The molecule has 0 fully saturated rings. The van der Waals surface area contributed by atoms with Crippen molar-refractivity contribution in [3.8, 4) is 45.0 Å². The van der Waals surface area contributed by atoms with Crippen LogP contribution in [0.2, 0.25) is 0 Å². The van der Waals surface area contributed by atoms with Crippen LogP contribution in [-0.4, -0.2) is 9.97 Å². The van der Waals surface area contributed by atoms with Gasteiger partial charge in [0.25, 0.3) is 0 Å². The SMILES string of the molecule is C1=Cc2ccc(-c3cc(-c4ccccc4)nc(-c4ccccc4)n3)cc2C2(c3ccccc31)c1ccccc1-c1c2ccc2oc3ccccc3c12. The van der Waals surface area contributed by atoms with E-state index in [9.17, 15) is 0 Å². The first kappa shape index (κ1) is 28.9. The third-order valence-corrected chi connectivity index (χ3v) is 10.9. The molecule has 242 valence electrons. The molecular weight excluding hydrogens is 633 g/mol. The van der Waals surface area contributed by atoms with Crippen LogP contribution in [0, 0.1) is 0 Å². The van der Waals surface area contributed by atoms with E-state index in [1.165, 1.54) is 49.9 Å². The van der Waals surface area contributed by atoms with Gasteiger partial charge in [0.2, 0.25) is 0 Å². The van der Waals surface area contributed by atoms with Crippen LogP contribution in [0.1, 0.15) is 33.4 Å². The number of furan rings is 1. The second-order valence-electron chi connectivity index (χ2n) is 13.7. The molecule has 0 N–H and O–H groups in total. The Morgan fingerprint density at radius 3 is 1.90 bits per heavy atom. The van der Waals surface area contributed by atoms with Crippen molar-refractivity contribution in [3.63, 3.8) is 0 Å². The summed E-state index contributed by atoms with van der Waals surface area (Å²) in [5.74, 6) is 0.706. The highest BCUT2D eigenvalue weighted by Gasteiger charge is 2.49. The predicted octanol–water partition coefficient (Wildman–Crippen LogP) is 12.2. The lowest BCUT2D eigenvalue weighted by molar-refractivity contribution is 0.668. The highest BCUT2D eigenvalue weighted by molar-refractivity contribution is 6.15. The van der Waals surface area contributed by atoms with E-state index in [0.717, 1.165) is 44.6 Å². The summed E-state index contributed by atoms with van der Waals surface area (Å²) in [7, 11) is 0. The van der Waals surface area contributed by atoms with Gasteiger partial charge in [-0.15, -0.1) is 0 Å². The topological polar surface area (TPSA) is 38.9 Å². The van der Waals surface area contributed by atoms with E-state index >= 15 is 0 Å². The number of rotatable bonds is 3. The molecule has 0 aliphatic heterocycles. The molecule has 2 aromatic heterocycles. The molecule has 52 heavy (non-hydrogen) atoms. The molecule has 11 rings (SSSR count). The highest BCUT2D eigenvalue weighted by Crippen LogP contribution is 2.60. The number of hydrogen-bond acceptors (Lipinski definition) is 3. The Hall–Kier alpha value is -6.84. The Balaban J connectivity index is 1.24. The Morgan fingerprint density at radius 1 is 0.423 bits per heavy atom. The number of hydrogen-bond donors (Lipinski definition) is 0. The molecule has 0 radical (unpaired) electrons. The fourth-order valence-corrected chi connectivity index (χ4v) is 8.72. The average Bonchev–Trinajstić information content (AvgIpc) is 3.69. The molecule has 7 aromatic carbocycles. The third kappa shape index (κ3) is 4.08. The summed E-state index contributed by atoms with van der Waals surface area (Å²) in [4.78, 5) is 10.3. The zero-order valence-corrected chi connectivity index (χ0v) is 28.1. The maximum Gasteiger partial charge on any atom is 0.160 e. The van der Waals surface area contributed by atoms with Crippen molar-refractivity contribution >= 4 is 34.1 Å². The normalized spacial score (nSPS) is 15.3. The van der Waals surface area contributed by atoms with Crippen molar-refractivity contribution in [2.24, 2.45) is 0 Å². The van der Waals surface area contributed by atoms with E-state index in [1.807, 2.05) is 30.3 Å². The first-order valence-corrected chi connectivity index (χ1v) is 17.7. The first-order valence-electron chi connectivity index (χ1n) is 17.7. The molecule has 1 unspecified atom stereocenters. The molecular formula is C49H30N2O. The Labute approximate surface area is 301 Å². The van der Waals surface area contributed by atoms with Crippen LogP contribution >= 0.6 is 0 Å². The van der Waals surface area contributed by atoms with Gasteiger partial charge >= 0.3 is 0 Å². The summed E-state index contributed by atoms with van der Waals surface area (Å²) in [6.45, 7) is 0. The molecule has 0 amide bonds. The second-order valence-corrected chi connectivity index (χ2v) is 13.7. The van der Waals surface area contributed by atoms with Gasteiger partial charge in [0.1, 0.15) is 11.2 Å². The smallest absolute Gasteiger partial charge is 0.160 e. The van der Waals surface area contributed by atoms with E-state index in [-0.39, 0.29) is 0 Å². The molecule has 2 aliphatic carbocycles. The minimum Gasteiger partial charge on any atom is -0.456 e. The van der Waals surface area contributed by atoms with E-state index < -0.39 is 5.41 Å². The summed E-state index contributed by atoms with van der Waals surface area (Å²) in [5, 5.41) is 2.30. The molecule has 1 spiro atoms. The molecule has 3 nitrogen and oxygen atoms in total. The first-order chi connectivity index (χ1) is 25.8.